The molecule has 0 amide bonds. The molecule has 0 fully saturated rings. The van der Waals surface area contributed by atoms with Gasteiger partial charge in [0.2, 0.25) is 0 Å². The predicted octanol–water partition coefficient (Wildman–Crippen LogP) is 3.82. The van der Waals surface area contributed by atoms with Crippen molar-refractivity contribution in [3.05, 3.63) is 98.9 Å². The molecule has 8 heteroatoms. The summed E-state index contributed by atoms with van der Waals surface area (Å²) in [4.78, 5) is 32.7. The quantitative estimate of drug-likeness (QED) is 0.433. The van der Waals surface area contributed by atoms with E-state index in [0.717, 1.165) is 21.0 Å². The average Bonchev–Trinajstić information content (AvgIpc) is 2.88. The molecule has 2 heterocycles. The SMILES string of the molecule is CN(c1ccc2ccccc2c1)c1nc2c(c(-c3cccc(F)c3)c1CN)c(=O)n(C)c(=O)n2C. The largest absolute Gasteiger partial charge is 0.332 e. The average molecular weight is 470 g/mol. The minimum Gasteiger partial charge on any atom is -0.329 e. The summed E-state index contributed by atoms with van der Waals surface area (Å²) in [6.45, 7) is 0.0496. The number of halogens is 1. The summed E-state index contributed by atoms with van der Waals surface area (Å²) >= 11 is 0. The second kappa shape index (κ2) is 8.48. The van der Waals surface area contributed by atoms with Crippen LogP contribution in [0.2, 0.25) is 0 Å². The minimum atomic E-state index is -0.510. The van der Waals surface area contributed by atoms with Gasteiger partial charge in [-0.25, -0.2) is 14.2 Å². The zero-order valence-electron chi connectivity index (χ0n) is 19.6. The zero-order valence-corrected chi connectivity index (χ0v) is 19.6. The summed E-state index contributed by atoms with van der Waals surface area (Å²) in [6.07, 6.45) is 0. The molecule has 0 unspecified atom stereocenters. The first kappa shape index (κ1) is 22.5. The highest BCUT2D eigenvalue weighted by atomic mass is 19.1. The van der Waals surface area contributed by atoms with Gasteiger partial charge in [0.15, 0.2) is 5.65 Å². The summed E-state index contributed by atoms with van der Waals surface area (Å²) in [7, 11) is 4.83. The van der Waals surface area contributed by atoms with Crippen molar-refractivity contribution in [2.24, 2.45) is 19.8 Å². The maximum atomic E-state index is 14.3. The third-order valence-electron chi connectivity index (χ3n) is 6.42. The Morgan fingerprint density at radius 3 is 2.40 bits per heavy atom. The Balaban J connectivity index is 1.89. The van der Waals surface area contributed by atoms with Crippen molar-refractivity contribution in [3.63, 3.8) is 0 Å². The summed E-state index contributed by atoms with van der Waals surface area (Å²) in [6, 6.07) is 20.0. The van der Waals surface area contributed by atoms with Gasteiger partial charge in [0.25, 0.3) is 5.56 Å². The number of rotatable bonds is 4. The van der Waals surface area contributed by atoms with E-state index in [0.29, 0.717) is 22.5 Å². The van der Waals surface area contributed by atoms with Crippen molar-refractivity contribution in [1.82, 2.24) is 14.1 Å². The van der Waals surface area contributed by atoms with Crippen LogP contribution in [0.25, 0.3) is 32.9 Å². The van der Waals surface area contributed by atoms with Crippen LogP contribution in [0.3, 0.4) is 0 Å². The third-order valence-corrected chi connectivity index (χ3v) is 6.42. The molecule has 0 atom stereocenters. The van der Waals surface area contributed by atoms with E-state index in [1.54, 1.807) is 19.2 Å². The van der Waals surface area contributed by atoms with E-state index in [-0.39, 0.29) is 17.6 Å². The number of fused-ring (bicyclic) bond motifs is 2. The smallest absolute Gasteiger partial charge is 0.329 e. The van der Waals surface area contributed by atoms with Crippen LogP contribution < -0.4 is 21.9 Å². The molecule has 0 saturated carbocycles. The minimum absolute atomic E-state index is 0.0496. The molecule has 5 rings (SSSR count). The lowest BCUT2D eigenvalue weighted by atomic mass is 9.96. The fraction of sp³-hybridized carbons (Fsp3) is 0.148. The fourth-order valence-electron chi connectivity index (χ4n) is 4.55. The summed E-state index contributed by atoms with van der Waals surface area (Å²) in [5, 5.41) is 2.37. The van der Waals surface area contributed by atoms with Crippen molar-refractivity contribution >= 4 is 33.3 Å². The molecule has 7 nitrogen and oxygen atoms in total. The molecular weight excluding hydrogens is 445 g/mol. The number of aromatic nitrogens is 3. The highest BCUT2D eigenvalue weighted by Gasteiger charge is 2.24. The van der Waals surface area contributed by atoms with Gasteiger partial charge in [-0.3, -0.25) is 13.9 Å². The molecule has 0 aliphatic heterocycles. The first-order valence-corrected chi connectivity index (χ1v) is 11.1. The number of anilines is 2. The normalized spacial score (nSPS) is 11.3. The lowest BCUT2D eigenvalue weighted by molar-refractivity contribution is 0.628. The lowest BCUT2D eigenvalue weighted by Gasteiger charge is -2.25. The molecule has 3 aromatic carbocycles. The van der Waals surface area contributed by atoms with Gasteiger partial charge >= 0.3 is 5.69 Å². The first-order chi connectivity index (χ1) is 16.8. The van der Waals surface area contributed by atoms with E-state index in [2.05, 4.69) is 0 Å². The first-order valence-electron chi connectivity index (χ1n) is 11.1. The van der Waals surface area contributed by atoms with Crippen LogP contribution in [0.4, 0.5) is 15.9 Å². The Kier molecular flexibility index (Phi) is 5.45. The topological polar surface area (TPSA) is 86.2 Å². The van der Waals surface area contributed by atoms with Gasteiger partial charge in [-0.15, -0.1) is 0 Å². The lowest BCUT2D eigenvalue weighted by Crippen LogP contribution is -2.38. The van der Waals surface area contributed by atoms with E-state index >= 15 is 0 Å². The van der Waals surface area contributed by atoms with E-state index in [4.69, 9.17) is 10.7 Å². The number of hydrogen-bond acceptors (Lipinski definition) is 5. The summed E-state index contributed by atoms with van der Waals surface area (Å²) in [5.41, 5.74) is 7.82. The number of nitrogens with two attached hydrogens (primary N) is 1. The summed E-state index contributed by atoms with van der Waals surface area (Å²) < 4.78 is 16.6. The Hall–Kier alpha value is -4.30. The second-order valence-corrected chi connectivity index (χ2v) is 8.50. The van der Waals surface area contributed by atoms with Crippen LogP contribution in [0.1, 0.15) is 5.56 Å². The molecular formula is C27H24FN5O2. The third kappa shape index (κ3) is 3.59. The second-order valence-electron chi connectivity index (χ2n) is 8.50. The van der Waals surface area contributed by atoms with Gasteiger partial charge in [-0.05, 0) is 40.6 Å². The van der Waals surface area contributed by atoms with Gasteiger partial charge in [0, 0.05) is 44.5 Å². The van der Waals surface area contributed by atoms with E-state index in [9.17, 15) is 14.0 Å². The highest BCUT2D eigenvalue weighted by molar-refractivity contribution is 5.97. The van der Waals surface area contributed by atoms with Crippen LogP contribution in [-0.4, -0.2) is 21.2 Å². The Morgan fingerprint density at radius 1 is 0.943 bits per heavy atom. The number of hydrogen-bond donors (Lipinski definition) is 1. The van der Waals surface area contributed by atoms with Gasteiger partial charge < -0.3 is 10.6 Å². The molecule has 0 spiro atoms. The van der Waals surface area contributed by atoms with Crippen molar-refractivity contribution in [2.75, 3.05) is 11.9 Å². The van der Waals surface area contributed by atoms with Crippen LogP contribution in [0, 0.1) is 5.82 Å². The zero-order chi connectivity index (χ0) is 24.9. The molecule has 35 heavy (non-hydrogen) atoms. The molecule has 0 aliphatic carbocycles. The molecule has 2 aromatic heterocycles. The molecule has 0 radical (unpaired) electrons. The van der Waals surface area contributed by atoms with Gasteiger partial charge in [0.1, 0.15) is 11.6 Å². The van der Waals surface area contributed by atoms with E-state index in [1.807, 2.05) is 54.4 Å². The monoisotopic (exact) mass is 469 g/mol. The summed E-state index contributed by atoms with van der Waals surface area (Å²) in [5.74, 6) is 0.0410. The molecule has 0 aliphatic rings. The molecule has 0 bridgehead atoms. The standard InChI is InChI=1S/C27H24FN5O2/c1-31(20-12-11-16-7-4-5-8-17(16)14-20)24-21(15-29)22(18-9-6-10-19(28)13-18)23-25(30-24)32(2)27(35)33(3)26(23)34/h4-14H,15,29H2,1-3H3. The van der Waals surface area contributed by atoms with E-state index in [1.165, 1.54) is 23.7 Å². The number of pyridine rings is 1. The number of aryl methyl sites for hydroxylation is 1. The number of nitrogens with zero attached hydrogens (tertiary/aromatic N) is 4. The van der Waals surface area contributed by atoms with Crippen molar-refractivity contribution in [3.8, 4) is 11.1 Å². The fourth-order valence-corrected chi connectivity index (χ4v) is 4.55. The Morgan fingerprint density at radius 2 is 1.69 bits per heavy atom. The Bertz CT molecular complexity index is 1740. The molecule has 0 saturated heterocycles. The van der Waals surface area contributed by atoms with Crippen LogP contribution in [-0.2, 0) is 20.6 Å². The molecule has 176 valence electrons. The maximum Gasteiger partial charge on any atom is 0.332 e. The molecule has 2 N–H and O–H groups in total. The maximum absolute atomic E-state index is 14.3. The van der Waals surface area contributed by atoms with Crippen molar-refractivity contribution in [1.29, 1.82) is 0 Å². The molecule has 5 aromatic rings. The van der Waals surface area contributed by atoms with Gasteiger partial charge in [-0.2, -0.15) is 0 Å². The van der Waals surface area contributed by atoms with Crippen LogP contribution in [0.5, 0.6) is 0 Å². The van der Waals surface area contributed by atoms with Gasteiger partial charge in [-0.1, -0.05) is 42.5 Å². The highest BCUT2D eigenvalue weighted by Crippen LogP contribution is 2.37. The number of benzene rings is 3. The van der Waals surface area contributed by atoms with Crippen molar-refractivity contribution in [2.45, 2.75) is 6.54 Å². The van der Waals surface area contributed by atoms with Crippen LogP contribution in [0.15, 0.2) is 76.3 Å². The van der Waals surface area contributed by atoms with Crippen molar-refractivity contribution < 1.29 is 4.39 Å². The predicted molar refractivity (Wildman–Crippen MR) is 138 cm³/mol. The van der Waals surface area contributed by atoms with Gasteiger partial charge in [0.05, 0.1) is 5.39 Å². The van der Waals surface area contributed by atoms with Crippen LogP contribution >= 0.6 is 0 Å². The van der Waals surface area contributed by atoms with E-state index < -0.39 is 17.1 Å². The Labute approximate surface area is 200 Å².